The van der Waals surface area contributed by atoms with Gasteiger partial charge in [-0.2, -0.15) is 8.42 Å². The van der Waals surface area contributed by atoms with Gasteiger partial charge in [0.15, 0.2) is 0 Å². The van der Waals surface area contributed by atoms with Crippen molar-refractivity contribution in [2.45, 2.75) is 39.5 Å². The number of allylic oxidation sites excluding steroid dienone is 7. The highest BCUT2D eigenvalue weighted by Gasteiger charge is 2.35. The Labute approximate surface area is 143 Å². The molecule has 0 amide bonds. The van der Waals surface area contributed by atoms with Gasteiger partial charge in [-0.3, -0.25) is 4.55 Å². The third-order valence-electron chi connectivity index (χ3n) is 4.42. The van der Waals surface area contributed by atoms with E-state index in [-0.39, 0.29) is 4.91 Å². The van der Waals surface area contributed by atoms with Crippen molar-refractivity contribution >= 4 is 15.7 Å². The van der Waals surface area contributed by atoms with E-state index in [1.807, 2.05) is 43.3 Å². The van der Waals surface area contributed by atoms with Crippen molar-refractivity contribution in [1.29, 1.82) is 0 Å². The second-order valence-electron chi connectivity index (χ2n) is 6.21. The van der Waals surface area contributed by atoms with Crippen LogP contribution in [0.1, 0.15) is 45.1 Å². The topological polar surface area (TPSA) is 54.4 Å². The smallest absolute Gasteiger partial charge is 0.282 e. The van der Waals surface area contributed by atoms with Crippen LogP contribution in [-0.2, 0) is 10.1 Å². The van der Waals surface area contributed by atoms with Crippen LogP contribution < -0.4 is 0 Å². The van der Waals surface area contributed by atoms with Gasteiger partial charge in [-0.05, 0) is 52.8 Å². The lowest BCUT2D eigenvalue weighted by Crippen LogP contribution is -2.06. The van der Waals surface area contributed by atoms with E-state index in [2.05, 4.69) is 13.0 Å². The zero-order valence-electron chi connectivity index (χ0n) is 14.0. The summed E-state index contributed by atoms with van der Waals surface area (Å²) in [6.07, 6.45) is 7.22. The summed E-state index contributed by atoms with van der Waals surface area (Å²) in [6.45, 7) is 4.08. The molecule has 0 unspecified atom stereocenters. The lowest BCUT2D eigenvalue weighted by molar-refractivity contribution is 0.491. The molecule has 4 heteroatoms. The summed E-state index contributed by atoms with van der Waals surface area (Å²) in [6, 6.07) is 9.99. The molecule has 1 N–H and O–H groups in total. The molecule has 0 fully saturated rings. The van der Waals surface area contributed by atoms with Crippen molar-refractivity contribution < 1.29 is 13.0 Å². The molecule has 0 radical (unpaired) electrons. The van der Waals surface area contributed by atoms with Crippen LogP contribution in [0, 0.1) is 0 Å². The van der Waals surface area contributed by atoms with Crippen LogP contribution in [0.3, 0.4) is 0 Å². The largest absolute Gasteiger partial charge is 0.295 e. The average Bonchev–Trinajstić information content (AvgIpc) is 3.06. The quantitative estimate of drug-likeness (QED) is 0.735. The van der Waals surface area contributed by atoms with Gasteiger partial charge in [0.2, 0.25) is 0 Å². The first-order valence-corrected chi connectivity index (χ1v) is 9.85. The van der Waals surface area contributed by atoms with E-state index in [1.165, 1.54) is 0 Å². The Balaban J connectivity index is 2.26. The van der Waals surface area contributed by atoms with Crippen molar-refractivity contribution in [1.82, 2.24) is 0 Å². The summed E-state index contributed by atoms with van der Waals surface area (Å²) in [5.41, 5.74) is 5.48. The zero-order valence-corrected chi connectivity index (χ0v) is 14.9. The number of hydrogen-bond donors (Lipinski definition) is 1. The van der Waals surface area contributed by atoms with Gasteiger partial charge in [-0.15, -0.1) is 0 Å². The SMILES string of the molecule is CCCC1=CC(c2ccccc2)=C2C=C(CCC)C(S(=O)(=O)O)=C12. The highest BCUT2D eigenvalue weighted by molar-refractivity contribution is 7.90. The van der Waals surface area contributed by atoms with E-state index in [0.29, 0.717) is 12.0 Å². The summed E-state index contributed by atoms with van der Waals surface area (Å²) < 4.78 is 34.0. The van der Waals surface area contributed by atoms with E-state index in [0.717, 1.165) is 47.1 Å². The van der Waals surface area contributed by atoms with Crippen LogP contribution >= 0.6 is 0 Å². The van der Waals surface area contributed by atoms with Crippen molar-refractivity contribution in [3.8, 4) is 0 Å². The molecule has 24 heavy (non-hydrogen) atoms. The minimum Gasteiger partial charge on any atom is -0.282 e. The predicted molar refractivity (Wildman–Crippen MR) is 97.9 cm³/mol. The number of rotatable bonds is 6. The first kappa shape index (κ1) is 16.9. The average molecular weight is 342 g/mol. The maximum atomic E-state index is 12.1. The normalized spacial score (nSPS) is 17.3. The summed E-state index contributed by atoms with van der Waals surface area (Å²) in [5, 5.41) is 0. The molecule has 0 aromatic heterocycles. The van der Waals surface area contributed by atoms with Crippen molar-refractivity contribution in [3.05, 3.63) is 75.2 Å². The monoisotopic (exact) mass is 342 g/mol. The van der Waals surface area contributed by atoms with Crippen LogP contribution in [0.2, 0.25) is 0 Å². The lowest BCUT2D eigenvalue weighted by Gasteiger charge is -2.09. The van der Waals surface area contributed by atoms with E-state index in [1.54, 1.807) is 0 Å². The summed E-state index contributed by atoms with van der Waals surface area (Å²) in [5.74, 6) is 0. The van der Waals surface area contributed by atoms with Gasteiger partial charge in [-0.25, -0.2) is 0 Å². The van der Waals surface area contributed by atoms with Gasteiger partial charge in [0.25, 0.3) is 10.1 Å². The Bertz CT molecular complexity index is 882. The standard InChI is InChI=1S/C20H22O3S/c1-3-8-15-12-17(14-10-6-5-7-11-14)18-13-16(9-4-2)20(19(15)18)24(21,22)23/h5-7,10-13H,3-4,8-9H2,1-2H3,(H,21,22,23). The predicted octanol–water partition coefficient (Wildman–Crippen LogP) is 5.06. The van der Waals surface area contributed by atoms with Gasteiger partial charge in [0, 0.05) is 5.57 Å². The fraction of sp³-hybridized carbons (Fsp3) is 0.300. The van der Waals surface area contributed by atoms with Gasteiger partial charge < -0.3 is 0 Å². The van der Waals surface area contributed by atoms with Crippen LogP contribution in [0.4, 0.5) is 0 Å². The molecular weight excluding hydrogens is 320 g/mol. The highest BCUT2D eigenvalue weighted by Crippen LogP contribution is 2.48. The van der Waals surface area contributed by atoms with Crippen LogP contribution in [0.5, 0.6) is 0 Å². The molecule has 0 saturated heterocycles. The minimum atomic E-state index is -4.25. The second-order valence-corrected chi connectivity index (χ2v) is 7.57. The fourth-order valence-electron chi connectivity index (χ4n) is 3.52. The summed E-state index contributed by atoms with van der Waals surface area (Å²) in [4.78, 5) is 0.116. The molecule has 3 rings (SSSR count). The lowest BCUT2D eigenvalue weighted by atomic mass is 10.0. The summed E-state index contributed by atoms with van der Waals surface area (Å²) in [7, 11) is -4.25. The van der Waals surface area contributed by atoms with Gasteiger partial charge in [0.05, 0.1) is 0 Å². The molecule has 0 aliphatic heterocycles. The van der Waals surface area contributed by atoms with Crippen LogP contribution in [-0.4, -0.2) is 13.0 Å². The van der Waals surface area contributed by atoms with Crippen molar-refractivity contribution in [3.63, 3.8) is 0 Å². The molecule has 1 aromatic carbocycles. The molecule has 0 bridgehead atoms. The molecule has 0 spiro atoms. The molecule has 2 aliphatic rings. The highest BCUT2D eigenvalue weighted by atomic mass is 32.2. The summed E-state index contributed by atoms with van der Waals surface area (Å²) >= 11 is 0. The zero-order chi connectivity index (χ0) is 17.3. The van der Waals surface area contributed by atoms with Gasteiger partial charge >= 0.3 is 0 Å². The third-order valence-corrected chi connectivity index (χ3v) is 5.40. The molecule has 126 valence electrons. The Kier molecular flexibility index (Phi) is 4.61. The molecule has 3 nitrogen and oxygen atoms in total. The van der Waals surface area contributed by atoms with Gasteiger partial charge in [-0.1, -0.05) is 57.0 Å². The van der Waals surface area contributed by atoms with Crippen molar-refractivity contribution in [2.75, 3.05) is 0 Å². The Hall–Kier alpha value is -1.91. The Morgan fingerprint density at radius 2 is 1.46 bits per heavy atom. The van der Waals surface area contributed by atoms with Crippen molar-refractivity contribution in [2.24, 2.45) is 0 Å². The maximum absolute atomic E-state index is 12.1. The molecule has 1 aromatic rings. The first-order valence-electron chi connectivity index (χ1n) is 8.41. The van der Waals surface area contributed by atoms with E-state index < -0.39 is 10.1 Å². The second kappa shape index (κ2) is 6.54. The Morgan fingerprint density at radius 1 is 0.875 bits per heavy atom. The van der Waals surface area contributed by atoms with E-state index >= 15 is 0 Å². The van der Waals surface area contributed by atoms with E-state index in [9.17, 15) is 13.0 Å². The molecule has 2 aliphatic carbocycles. The molecule has 0 atom stereocenters. The third kappa shape index (κ3) is 2.92. The van der Waals surface area contributed by atoms with Crippen LogP contribution in [0.25, 0.3) is 5.57 Å². The molecule has 0 heterocycles. The number of fused-ring (bicyclic) bond motifs is 1. The Morgan fingerprint density at radius 3 is 2.04 bits per heavy atom. The molecular formula is C20H22O3S. The first-order chi connectivity index (χ1) is 11.5. The minimum absolute atomic E-state index is 0.116. The number of benzene rings is 1. The van der Waals surface area contributed by atoms with E-state index in [4.69, 9.17) is 0 Å². The maximum Gasteiger partial charge on any atom is 0.295 e. The molecule has 0 saturated carbocycles. The number of hydrogen-bond acceptors (Lipinski definition) is 2. The fourth-order valence-corrected chi connectivity index (χ4v) is 4.51. The van der Waals surface area contributed by atoms with Crippen LogP contribution in [0.15, 0.2) is 69.7 Å². The van der Waals surface area contributed by atoms with Gasteiger partial charge in [0.1, 0.15) is 4.91 Å².